The molecule has 0 saturated heterocycles. The van der Waals surface area contributed by atoms with Gasteiger partial charge in [-0.05, 0) is 24.1 Å². The lowest BCUT2D eigenvalue weighted by atomic mass is 9.97. The molecule has 1 rings (SSSR count). The Morgan fingerprint density at radius 2 is 1.95 bits per heavy atom. The maximum absolute atomic E-state index is 12.3. The zero-order valence-corrected chi connectivity index (χ0v) is 14.9. The molecule has 0 aliphatic heterocycles. The molecule has 0 fully saturated rings. The number of sulfonamides is 1. The first-order chi connectivity index (χ1) is 9.85. The molecular formula is C14H22BrNO4S. The van der Waals surface area contributed by atoms with E-state index in [1.165, 1.54) is 13.2 Å². The number of rotatable bonds is 8. The van der Waals surface area contributed by atoms with Crippen LogP contribution < -0.4 is 9.46 Å². The summed E-state index contributed by atoms with van der Waals surface area (Å²) < 4.78 is 32.9. The zero-order valence-electron chi connectivity index (χ0n) is 12.5. The topological polar surface area (TPSA) is 75.6 Å². The Morgan fingerprint density at radius 1 is 1.33 bits per heavy atom. The third kappa shape index (κ3) is 4.95. The fourth-order valence-electron chi connectivity index (χ4n) is 2.13. The van der Waals surface area contributed by atoms with Crippen molar-refractivity contribution in [2.45, 2.75) is 37.7 Å². The van der Waals surface area contributed by atoms with Crippen molar-refractivity contribution < 1.29 is 18.3 Å². The summed E-state index contributed by atoms with van der Waals surface area (Å²) in [5.74, 6) is 0.347. The lowest BCUT2D eigenvalue weighted by Gasteiger charge is -2.20. The van der Waals surface area contributed by atoms with Crippen LogP contribution in [0.1, 0.15) is 26.7 Å². The van der Waals surface area contributed by atoms with Gasteiger partial charge in [-0.25, -0.2) is 13.1 Å². The van der Waals surface area contributed by atoms with Crippen LogP contribution in [0.25, 0.3) is 0 Å². The normalized spacial score (nSPS) is 13.4. The highest BCUT2D eigenvalue weighted by atomic mass is 79.9. The van der Waals surface area contributed by atoms with E-state index in [0.29, 0.717) is 4.47 Å². The lowest BCUT2D eigenvalue weighted by Crippen LogP contribution is -2.36. The molecule has 2 N–H and O–H groups in total. The number of ether oxygens (including phenoxy) is 1. The first kappa shape index (κ1) is 18.4. The number of halogens is 1. The Balaban J connectivity index is 2.90. The largest absolute Gasteiger partial charge is 0.495 e. The fourth-order valence-corrected chi connectivity index (χ4v) is 3.89. The summed E-state index contributed by atoms with van der Waals surface area (Å²) in [7, 11) is -2.32. The minimum absolute atomic E-state index is 0.00958. The number of hydrogen-bond donors (Lipinski definition) is 2. The SMILES string of the molecule is CCC(CC)C(O)CNS(=O)(=O)c1cc(Br)ccc1OC. The van der Waals surface area contributed by atoms with E-state index in [1.807, 2.05) is 13.8 Å². The summed E-state index contributed by atoms with van der Waals surface area (Å²) >= 11 is 3.25. The molecule has 0 aromatic heterocycles. The van der Waals surface area contributed by atoms with Crippen LogP contribution in [0.4, 0.5) is 0 Å². The van der Waals surface area contributed by atoms with Crippen molar-refractivity contribution in [3.63, 3.8) is 0 Å². The molecule has 7 heteroatoms. The van der Waals surface area contributed by atoms with Crippen molar-refractivity contribution in [3.8, 4) is 5.75 Å². The average molecular weight is 380 g/mol. The molecule has 0 heterocycles. The minimum atomic E-state index is -3.74. The quantitative estimate of drug-likeness (QED) is 0.727. The number of aliphatic hydroxyl groups excluding tert-OH is 1. The highest BCUT2D eigenvalue weighted by Gasteiger charge is 2.23. The Kier molecular flexibility index (Phi) is 7.12. The summed E-state index contributed by atoms with van der Waals surface area (Å²) in [6.07, 6.45) is 0.909. The van der Waals surface area contributed by atoms with E-state index in [4.69, 9.17) is 4.74 Å². The van der Waals surface area contributed by atoms with Gasteiger partial charge in [-0.15, -0.1) is 0 Å². The van der Waals surface area contributed by atoms with Crippen molar-refractivity contribution in [2.24, 2.45) is 5.92 Å². The third-order valence-corrected chi connectivity index (χ3v) is 5.43. The van der Waals surface area contributed by atoms with E-state index >= 15 is 0 Å². The van der Waals surface area contributed by atoms with Gasteiger partial charge >= 0.3 is 0 Å². The standard InChI is InChI=1S/C14H22BrNO4S/c1-4-10(5-2)12(17)9-16-21(18,19)14-8-11(15)6-7-13(14)20-3/h6-8,10,12,16-17H,4-5,9H2,1-3H3. The highest BCUT2D eigenvalue weighted by molar-refractivity contribution is 9.10. The van der Waals surface area contributed by atoms with E-state index in [0.717, 1.165) is 12.8 Å². The van der Waals surface area contributed by atoms with Gasteiger partial charge in [-0.2, -0.15) is 0 Å². The smallest absolute Gasteiger partial charge is 0.244 e. The number of aliphatic hydroxyl groups is 1. The minimum Gasteiger partial charge on any atom is -0.495 e. The molecular weight excluding hydrogens is 358 g/mol. The van der Waals surface area contributed by atoms with E-state index in [-0.39, 0.29) is 23.1 Å². The van der Waals surface area contributed by atoms with Gasteiger partial charge in [0.1, 0.15) is 10.6 Å². The molecule has 0 radical (unpaired) electrons. The van der Waals surface area contributed by atoms with Gasteiger partial charge in [0, 0.05) is 11.0 Å². The molecule has 1 atom stereocenters. The summed E-state index contributed by atoms with van der Waals surface area (Å²) in [6.45, 7) is 3.94. The van der Waals surface area contributed by atoms with Crippen LogP contribution >= 0.6 is 15.9 Å². The molecule has 1 aromatic rings. The Bertz CT molecular complexity index is 558. The molecule has 0 aliphatic carbocycles. The highest BCUT2D eigenvalue weighted by Crippen LogP contribution is 2.27. The van der Waals surface area contributed by atoms with Crippen molar-refractivity contribution in [1.82, 2.24) is 4.72 Å². The number of nitrogens with one attached hydrogen (secondary N) is 1. The lowest BCUT2D eigenvalue weighted by molar-refractivity contribution is 0.107. The first-order valence-electron chi connectivity index (χ1n) is 6.87. The predicted molar refractivity (Wildman–Crippen MR) is 86.0 cm³/mol. The molecule has 1 unspecified atom stereocenters. The molecule has 0 saturated carbocycles. The Hall–Kier alpha value is -0.630. The van der Waals surface area contributed by atoms with Crippen LogP contribution in [0.15, 0.2) is 27.6 Å². The molecule has 21 heavy (non-hydrogen) atoms. The average Bonchev–Trinajstić information content (AvgIpc) is 2.46. The van der Waals surface area contributed by atoms with Gasteiger partial charge in [0.25, 0.3) is 0 Å². The number of hydrogen-bond acceptors (Lipinski definition) is 4. The van der Waals surface area contributed by atoms with Gasteiger partial charge in [0.15, 0.2) is 0 Å². The van der Waals surface area contributed by atoms with Crippen molar-refractivity contribution >= 4 is 26.0 Å². The van der Waals surface area contributed by atoms with Gasteiger partial charge in [-0.1, -0.05) is 42.6 Å². The maximum Gasteiger partial charge on any atom is 0.244 e. The second-order valence-corrected chi connectivity index (χ2v) is 7.44. The molecule has 1 aromatic carbocycles. The van der Waals surface area contributed by atoms with Crippen LogP contribution in [-0.2, 0) is 10.0 Å². The number of benzene rings is 1. The van der Waals surface area contributed by atoms with E-state index in [2.05, 4.69) is 20.7 Å². The molecule has 0 spiro atoms. The number of methoxy groups -OCH3 is 1. The van der Waals surface area contributed by atoms with Gasteiger partial charge in [0.2, 0.25) is 10.0 Å². The summed E-state index contributed by atoms with van der Waals surface area (Å²) in [5.41, 5.74) is 0. The monoisotopic (exact) mass is 379 g/mol. The molecule has 0 aliphatic rings. The molecule has 120 valence electrons. The van der Waals surface area contributed by atoms with Crippen molar-refractivity contribution in [1.29, 1.82) is 0 Å². The Morgan fingerprint density at radius 3 is 2.48 bits per heavy atom. The van der Waals surface area contributed by atoms with Crippen LogP contribution in [0, 0.1) is 5.92 Å². The van der Waals surface area contributed by atoms with Crippen molar-refractivity contribution in [2.75, 3.05) is 13.7 Å². The second-order valence-electron chi connectivity index (χ2n) is 4.79. The van der Waals surface area contributed by atoms with Gasteiger partial charge in [0.05, 0.1) is 13.2 Å². The van der Waals surface area contributed by atoms with Gasteiger partial charge < -0.3 is 9.84 Å². The summed E-state index contributed by atoms with van der Waals surface area (Å²) in [6, 6.07) is 4.76. The van der Waals surface area contributed by atoms with Crippen LogP contribution in [0.3, 0.4) is 0 Å². The maximum atomic E-state index is 12.3. The zero-order chi connectivity index (χ0) is 16.0. The molecule has 5 nitrogen and oxygen atoms in total. The molecule has 0 bridgehead atoms. The van der Waals surface area contributed by atoms with Crippen LogP contribution in [0.5, 0.6) is 5.75 Å². The van der Waals surface area contributed by atoms with E-state index in [1.54, 1.807) is 12.1 Å². The van der Waals surface area contributed by atoms with Crippen LogP contribution in [0.2, 0.25) is 0 Å². The molecule has 0 amide bonds. The van der Waals surface area contributed by atoms with Crippen molar-refractivity contribution in [3.05, 3.63) is 22.7 Å². The third-order valence-electron chi connectivity index (χ3n) is 3.49. The van der Waals surface area contributed by atoms with E-state index < -0.39 is 16.1 Å². The fraction of sp³-hybridized carbons (Fsp3) is 0.571. The summed E-state index contributed by atoms with van der Waals surface area (Å²) in [4.78, 5) is 0.0520. The Labute approximate surface area is 134 Å². The second kappa shape index (κ2) is 8.12. The predicted octanol–water partition coefficient (Wildman–Crippen LogP) is 2.53. The van der Waals surface area contributed by atoms with Crippen LogP contribution in [-0.4, -0.2) is 33.3 Å². The van der Waals surface area contributed by atoms with Gasteiger partial charge in [-0.3, -0.25) is 0 Å². The van der Waals surface area contributed by atoms with E-state index in [9.17, 15) is 13.5 Å². The summed E-state index contributed by atoms with van der Waals surface area (Å²) in [5, 5.41) is 10.0. The first-order valence-corrected chi connectivity index (χ1v) is 9.14.